The molecule has 0 heterocycles. The van der Waals surface area contributed by atoms with Gasteiger partial charge in [-0.3, -0.25) is 0 Å². The Hall–Kier alpha value is -0.450. The van der Waals surface area contributed by atoms with Gasteiger partial charge >= 0.3 is 0 Å². The number of hydrogen-bond acceptors (Lipinski definition) is 2. The van der Waals surface area contributed by atoms with Crippen molar-refractivity contribution < 1.29 is 13.9 Å². The van der Waals surface area contributed by atoms with Gasteiger partial charge in [-0.25, -0.2) is 4.39 Å². The number of methoxy groups -OCH3 is 2. The van der Waals surface area contributed by atoms with Gasteiger partial charge in [0.05, 0.1) is 0 Å². The maximum atomic E-state index is 12.8. The van der Waals surface area contributed by atoms with E-state index in [9.17, 15) is 4.39 Å². The van der Waals surface area contributed by atoms with Gasteiger partial charge in [-0.15, -0.1) is 0 Å². The average molecular weight is 263 g/mol. The molecule has 0 aliphatic heterocycles. The van der Waals surface area contributed by atoms with Crippen molar-refractivity contribution in [3.8, 4) is 0 Å². The number of alkyl halides is 1. The molecular weight excluding hydrogens is 251 g/mol. The molecule has 0 aliphatic carbocycles. The first-order valence-corrected chi connectivity index (χ1v) is 4.90. The Morgan fingerprint density at radius 2 is 1.71 bits per heavy atom. The molecule has 0 fully saturated rings. The fourth-order valence-electron chi connectivity index (χ4n) is 1.21. The van der Waals surface area contributed by atoms with E-state index in [1.807, 2.05) is 12.1 Å². The molecule has 0 bridgehead atoms. The van der Waals surface area contributed by atoms with Gasteiger partial charge in [0, 0.05) is 24.3 Å². The molecule has 14 heavy (non-hydrogen) atoms. The molecular formula is C10H12BrFO2. The molecule has 0 atom stereocenters. The summed E-state index contributed by atoms with van der Waals surface area (Å²) in [4.78, 5) is 0. The number of ether oxygens (including phenoxy) is 2. The third kappa shape index (κ3) is 2.13. The first-order chi connectivity index (χ1) is 6.68. The van der Waals surface area contributed by atoms with Crippen molar-refractivity contribution in [3.63, 3.8) is 0 Å². The maximum Gasteiger partial charge on any atom is 0.223 e. The zero-order valence-electron chi connectivity index (χ0n) is 8.09. The topological polar surface area (TPSA) is 18.5 Å². The second-order valence-electron chi connectivity index (χ2n) is 2.80. The third-order valence-corrected chi connectivity index (χ3v) is 2.65. The van der Waals surface area contributed by atoms with Gasteiger partial charge in [-0.2, -0.15) is 0 Å². The minimum atomic E-state index is -1.28. The first-order valence-electron chi connectivity index (χ1n) is 4.11. The number of rotatable bonds is 4. The van der Waals surface area contributed by atoms with Crippen LogP contribution in [0.25, 0.3) is 0 Å². The van der Waals surface area contributed by atoms with E-state index in [-0.39, 0.29) is 0 Å². The van der Waals surface area contributed by atoms with Crippen LogP contribution >= 0.6 is 15.9 Å². The summed E-state index contributed by atoms with van der Waals surface area (Å²) in [5, 5.41) is 0. The standard InChI is InChI=1S/C10H12BrFO2/c1-13-10(7-12,14-2)8-3-5-9(11)6-4-8/h3-6H,7H2,1-2H3. The van der Waals surface area contributed by atoms with E-state index < -0.39 is 12.5 Å². The monoisotopic (exact) mass is 262 g/mol. The summed E-state index contributed by atoms with van der Waals surface area (Å²) in [7, 11) is 2.84. The van der Waals surface area contributed by atoms with Crippen LogP contribution in [0.4, 0.5) is 4.39 Å². The van der Waals surface area contributed by atoms with Crippen LogP contribution in [0, 0.1) is 0 Å². The van der Waals surface area contributed by atoms with E-state index in [2.05, 4.69) is 15.9 Å². The van der Waals surface area contributed by atoms with E-state index in [0.29, 0.717) is 5.56 Å². The number of benzene rings is 1. The number of halogens is 2. The Bertz CT molecular complexity index is 274. The molecule has 1 aromatic rings. The van der Waals surface area contributed by atoms with Crippen LogP contribution in [0.5, 0.6) is 0 Å². The van der Waals surface area contributed by atoms with Gasteiger partial charge in [0.1, 0.15) is 6.67 Å². The lowest BCUT2D eigenvalue weighted by atomic mass is 10.1. The Balaban J connectivity index is 3.05. The normalized spacial score (nSPS) is 11.7. The second-order valence-corrected chi connectivity index (χ2v) is 3.72. The molecule has 0 aliphatic rings. The summed E-state index contributed by atoms with van der Waals surface area (Å²) < 4.78 is 23.9. The predicted octanol–water partition coefficient (Wildman–Crippen LogP) is 2.86. The van der Waals surface area contributed by atoms with E-state index >= 15 is 0 Å². The lowest BCUT2D eigenvalue weighted by Gasteiger charge is -2.28. The first kappa shape index (κ1) is 11.6. The molecule has 0 aromatic heterocycles. The summed E-state index contributed by atoms with van der Waals surface area (Å²) in [5.74, 6) is -1.28. The highest BCUT2D eigenvalue weighted by atomic mass is 79.9. The quantitative estimate of drug-likeness (QED) is 0.777. The van der Waals surface area contributed by atoms with Crippen molar-refractivity contribution in [2.45, 2.75) is 5.79 Å². The van der Waals surface area contributed by atoms with E-state index in [4.69, 9.17) is 9.47 Å². The Kier molecular flexibility index (Phi) is 4.04. The van der Waals surface area contributed by atoms with Crippen molar-refractivity contribution in [3.05, 3.63) is 34.3 Å². The van der Waals surface area contributed by atoms with Crippen molar-refractivity contribution >= 4 is 15.9 Å². The number of hydrogen-bond donors (Lipinski definition) is 0. The van der Waals surface area contributed by atoms with Gasteiger partial charge in [0.2, 0.25) is 5.79 Å². The van der Waals surface area contributed by atoms with Gasteiger partial charge < -0.3 is 9.47 Å². The Morgan fingerprint density at radius 3 is 2.07 bits per heavy atom. The van der Waals surface area contributed by atoms with Crippen LogP contribution in [0.1, 0.15) is 5.56 Å². The molecule has 0 saturated heterocycles. The Labute approximate surface area is 91.2 Å². The molecule has 0 unspecified atom stereocenters. The van der Waals surface area contributed by atoms with E-state index in [1.165, 1.54) is 14.2 Å². The highest BCUT2D eigenvalue weighted by Gasteiger charge is 2.32. The summed E-state index contributed by atoms with van der Waals surface area (Å²) in [6.45, 7) is -0.721. The van der Waals surface area contributed by atoms with Crippen LogP contribution in [-0.2, 0) is 15.3 Å². The van der Waals surface area contributed by atoms with Crippen LogP contribution in [0.2, 0.25) is 0 Å². The van der Waals surface area contributed by atoms with Crippen LogP contribution < -0.4 is 0 Å². The molecule has 0 spiro atoms. The van der Waals surface area contributed by atoms with Crippen molar-refractivity contribution in [1.29, 1.82) is 0 Å². The summed E-state index contributed by atoms with van der Waals surface area (Å²) in [6.07, 6.45) is 0. The van der Waals surface area contributed by atoms with E-state index in [1.54, 1.807) is 12.1 Å². The highest BCUT2D eigenvalue weighted by molar-refractivity contribution is 9.10. The molecule has 0 amide bonds. The minimum Gasteiger partial charge on any atom is -0.347 e. The largest absolute Gasteiger partial charge is 0.347 e. The van der Waals surface area contributed by atoms with Crippen molar-refractivity contribution in [1.82, 2.24) is 0 Å². The van der Waals surface area contributed by atoms with Crippen molar-refractivity contribution in [2.24, 2.45) is 0 Å². The maximum absolute atomic E-state index is 12.8. The average Bonchev–Trinajstić information content (AvgIpc) is 2.24. The summed E-state index contributed by atoms with van der Waals surface area (Å²) >= 11 is 3.30. The molecule has 2 nitrogen and oxygen atoms in total. The van der Waals surface area contributed by atoms with Gasteiger partial charge in [-0.1, -0.05) is 28.1 Å². The zero-order valence-corrected chi connectivity index (χ0v) is 9.67. The smallest absolute Gasteiger partial charge is 0.223 e. The van der Waals surface area contributed by atoms with Gasteiger partial charge in [-0.05, 0) is 12.1 Å². The van der Waals surface area contributed by atoms with Gasteiger partial charge in [0.25, 0.3) is 0 Å². The lowest BCUT2D eigenvalue weighted by Crippen LogP contribution is -2.33. The third-order valence-electron chi connectivity index (χ3n) is 2.12. The molecule has 0 radical (unpaired) electrons. The zero-order chi connectivity index (χ0) is 10.6. The summed E-state index contributed by atoms with van der Waals surface area (Å²) in [6, 6.07) is 7.16. The minimum absolute atomic E-state index is 0.660. The van der Waals surface area contributed by atoms with E-state index in [0.717, 1.165) is 4.47 Å². The van der Waals surface area contributed by atoms with Crippen LogP contribution in [0.15, 0.2) is 28.7 Å². The molecule has 4 heteroatoms. The molecule has 0 N–H and O–H groups in total. The van der Waals surface area contributed by atoms with Crippen LogP contribution in [-0.4, -0.2) is 20.9 Å². The SMILES string of the molecule is COC(CF)(OC)c1ccc(Br)cc1. The van der Waals surface area contributed by atoms with Crippen molar-refractivity contribution in [2.75, 3.05) is 20.9 Å². The molecule has 1 rings (SSSR count). The highest BCUT2D eigenvalue weighted by Crippen LogP contribution is 2.27. The fraction of sp³-hybridized carbons (Fsp3) is 0.400. The second kappa shape index (κ2) is 4.87. The lowest BCUT2D eigenvalue weighted by molar-refractivity contribution is -0.224. The summed E-state index contributed by atoms with van der Waals surface area (Å²) in [5.41, 5.74) is 0.660. The molecule has 0 saturated carbocycles. The van der Waals surface area contributed by atoms with Gasteiger partial charge in [0.15, 0.2) is 0 Å². The Morgan fingerprint density at radius 1 is 1.21 bits per heavy atom. The van der Waals surface area contributed by atoms with Crippen LogP contribution in [0.3, 0.4) is 0 Å². The molecule has 78 valence electrons. The fourth-order valence-corrected chi connectivity index (χ4v) is 1.47. The molecule has 1 aromatic carbocycles. The predicted molar refractivity (Wildman–Crippen MR) is 55.8 cm³/mol.